The van der Waals surface area contributed by atoms with E-state index in [-0.39, 0.29) is 24.2 Å². The van der Waals surface area contributed by atoms with Gasteiger partial charge in [-0.15, -0.1) is 11.3 Å². The van der Waals surface area contributed by atoms with Crippen LogP contribution in [-0.2, 0) is 16.1 Å². The third-order valence-corrected chi connectivity index (χ3v) is 6.42. The first-order valence-corrected chi connectivity index (χ1v) is 10.7. The first kappa shape index (κ1) is 18.9. The van der Waals surface area contributed by atoms with E-state index in [0.717, 1.165) is 20.9 Å². The average Bonchev–Trinajstić information content (AvgIpc) is 3.35. The van der Waals surface area contributed by atoms with E-state index in [1.54, 1.807) is 28.2 Å². The van der Waals surface area contributed by atoms with Crippen LogP contribution >= 0.6 is 11.3 Å². The SMILES string of the molecule is CN(Cc1nc2ccccc2s1)C(=O)[C@H]1CC(=O)N(c2ccc3c(c2)OCCO3)C1. The summed E-state index contributed by atoms with van der Waals surface area (Å²) in [5.74, 6) is 0.847. The lowest BCUT2D eigenvalue weighted by Gasteiger charge is -2.23. The van der Waals surface area contributed by atoms with Crippen molar-refractivity contribution < 1.29 is 19.1 Å². The number of carbonyl (C=O) groups excluding carboxylic acids is 2. The number of para-hydroxylation sites is 1. The number of thiazole rings is 1. The molecule has 2 aliphatic rings. The van der Waals surface area contributed by atoms with Crippen molar-refractivity contribution in [3.05, 3.63) is 47.5 Å². The van der Waals surface area contributed by atoms with Crippen LogP contribution in [0.15, 0.2) is 42.5 Å². The molecular weight excluding hydrogens is 402 g/mol. The smallest absolute Gasteiger partial charge is 0.228 e. The zero-order chi connectivity index (χ0) is 20.7. The molecular formula is C22H21N3O4S. The molecule has 0 unspecified atom stereocenters. The number of amides is 2. The number of nitrogens with zero attached hydrogens (tertiary/aromatic N) is 3. The molecule has 2 amide bonds. The topological polar surface area (TPSA) is 72.0 Å². The first-order valence-electron chi connectivity index (χ1n) is 9.88. The molecule has 0 spiro atoms. The zero-order valence-corrected chi connectivity index (χ0v) is 17.4. The van der Waals surface area contributed by atoms with Crippen LogP contribution in [0.25, 0.3) is 10.2 Å². The number of carbonyl (C=O) groups is 2. The van der Waals surface area contributed by atoms with Crippen molar-refractivity contribution in [2.45, 2.75) is 13.0 Å². The van der Waals surface area contributed by atoms with E-state index >= 15 is 0 Å². The van der Waals surface area contributed by atoms with Crippen molar-refractivity contribution in [1.29, 1.82) is 0 Å². The van der Waals surface area contributed by atoms with Crippen molar-refractivity contribution in [3.8, 4) is 11.5 Å². The number of benzene rings is 2. The number of ether oxygens (including phenoxy) is 2. The molecule has 0 aliphatic carbocycles. The zero-order valence-electron chi connectivity index (χ0n) is 16.5. The maximum atomic E-state index is 13.0. The normalized spacial score (nSPS) is 18.1. The fraction of sp³-hybridized carbons (Fsp3) is 0.318. The van der Waals surface area contributed by atoms with Crippen molar-refractivity contribution in [3.63, 3.8) is 0 Å². The molecule has 1 saturated heterocycles. The summed E-state index contributed by atoms with van der Waals surface area (Å²) in [6.45, 7) is 1.81. The molecule has 0 saturated carbocycles. The summed E-state index contributed by atoms with van der Waals surface area (Å²) in [6, 6.07) is 13.4. The minimum atomic E-state index is -0.370. The summed E-state index contributed by atoms with van der Waals surface area (Å²) in [4.78, 5) is 33.6. The Balaban J connectivity index is 1.28. The molecule has 0 bridgehead atoms. The maximum Gasteiger partial charge on any atom is 0.228 e. The van der Waals surface area contributed by atoms with Crippen molar-refractivity contribution in [2.75, 3.05) is 31.7 Å². The lowest BCUT2D eigenvalue weighted by Crippen LogP contribution is -2.34. The molecule has 2 aliphatic heterocycles. The van der Waals surface area contributed by atoms with Gasteiger partial charge in [-0.2, -0.15) is 0 Å². The second-order valence-corrected chi connectivity index (χ2v) is 8.62. The summed E-state index contributed by atoms with van der Waals surface area (Å²) in [7, 11) is 1.77. The van der Waals surface area contributed by atoms with Crippen LogP contribution in [0.3, 0.4) is 0 Å². The van der Waals surface area contributed by atoms with Gasteiger partial charge in [-0.3, -0.25) is 9.59 Å². The molecule has 0 radical (unpaired) electrons. The summed E-state index contributed by atoms with van der Waals surface area (Å²) in [5.41, 5.74) is 1.67. The minimum absolute atomic E-state index is 0.0392. The standard InChI is InChI=1S/C22H21N3O4S/c1-24(13-20-23-16-4-2-3-5-19(16)30-20)22(27)14-10-21(26)25(12-14)15-6-7-17-18(11-15)29-9-8-28-17/h2-7,11,14H,8-10,12-13H2,1H3/t14-/m0/s1. The van der Waals surface area contributed by atoms with Gasteiger partial charge in [0.1, 0.15) is 18.2 Å². The van der Waals surface area contributed by atoms with E-state index in [2.05, 4.69) is 4.98 Å². The number of rotatable bonds is 4. The van der Waals surface area contributed by atoms with Crippen molar-refractivity contribution >= 4 is 39.1 Å². The molecule has 30 heavy (non-hydrogen) atoms. The van der Waals surface area contributed by atoms with E-state index in [1.165, 1.54) is 0 Å². The van der Waals surface area contributed by atoms with Crippen LogP contribution < -0.4 is 14.4 Å². The quantitative estimate of drug-likeness (QED) is 0.645. The molecule has 2 aromatic carbocycles. The Morgan fingerprint density at radius 2 is 2.00 bits per heavy atom. The van der Waals surface area contributed by atoms with Gasteiger partial charge >= 0.3 is 0 Å². The third-order valence-electron chi connectivity index (χ3n) is 5.40. The highest BCUT2D eigenvalue weighted by atomic mass is 32.1. The predicted octanol–water partition coefficient (Wildman–Crippen LogP) is 3.08. The van der Waals surface area contributed by atoms with E-state index in [1.807, 2.05) is 42.5 Å². The Labute approximate surface area is 177 Å². The molecule has 0 N–H and O–H groups in total. The van der Waals surface area contributed by atoms with Crippen molar-refractivity contribution in [2.24, 2.45) is 5.92 Å². The highest BCUT2D eigenvalue weighted by molar-refractivity contribution is 7.18. The van der Waals surface area contributed by atoms with Crippen LogP contribution in [0.1, 0.15) is 11.4 Å². The summed E-state index contributed by atoms with van der Waals surface area (Å²) in [5, 5.41) is 0.889. The highest BCUT2D eigenvalue weighted by Crippen LogP contribution is 2.36. The molecule has 1 aromatic heterocycles. The molecule has 3 heterocycles. The predicted molar refractivity (Wildman–Crippen MR) is 114 cm³/mol. The summed E-state index contributed by atoms with van der Waals surface area (Å²) in [6.07, 6.45) is 0.206. The number of aromatic nitrogens is 1. The van der Waals surface area contributed by atoms with E-state index in [4.69, 9.17) is 9.47 Å². The van der Waals surface area contributed by atoms with Gasteiger partial charge in [-0.1, -0.05) is 12.1 Å². The Bertz CT molecular complexity index is 1100. The number of hydrogen-bond donors (Lipinski definition) is 0. The Kier molecular flexibility index (Phi) is 4.78. The van der Waals surface area contributed by atoms with E-state index < -0.39 is 0 Å². The highest BCUT2D eigenvalue weighted by Gasteiger charge is 2.37. The largest absolute Gasteiger partial charge is 0.486 e. The van der Waals surface area contributed by atoms with Gasteiger partial charge < -0.3 is 19.3 Å². The van der Waals surface area contributed by atoms with Crippen molar-refractivity contribution in [1.82, 2.24) is 9.88 Å². The van der Waals surface area contributed by atoms with Crippen LogP contribution in [-0.4, -0.2) is 48.5 Å². The minimum Gasteiger partial charge on any atom is -0.486 e. The lowest BCUT2D eigenvalue weighted by molar-refractivity contribution is -0.135. The number of anilines is 1. The van der Waals surface area contributed by atoms with E-state index in [9.17, 15) is 9.59 Å². The monoisotopic (exact) mass is 423 g/mol. The Morgan fingerprint density at radius 1 is 1.20 bits per heavy atom. The van der Waals surface area contributed by atoms with E-state index in [0.29, 0.717) is 37.8 Å². The molecule has 7 nitrogen and oxygen atoms in total. The fourth-order valence-electron chi connectivity index (χ4n) is 3.90. The van der Waals surface area contributed by atoms with Gasteiger partial charge in [0.25, 0.3) is 0 Å². The second-order valence-electron chi connectivity index (χ2n) is 7.50. The summed E-state index contributed by atoms with van der Waals surface area (Å²) < 4.78 is 12.3. The number of fused-ring (bicyclic) bond motifs is 2. The molecule has 3 aromatic rings. The van der Waals surface area contributed by atoms with Crippen LogP contribution in [0, 0.1) is 5.92 Å². The third kappa shape index (κ3) is 3.47. The van der Waals surface area contributed by atoms with Gasteiger partial charge in [-0.05, 0) is 24.3 Å². The first-order chi connectivity index (χ1) is 14.6. The van der Waals surface area contributed by atoms with Gasteiger partial charge in [0.15, 0.2) is 11.5 Å². The Hall–Kier alpha value is -3.13. The molecule has 8 heteroatoms. The number of hydrogen-bond acceptors (Lipinski definition) is 6. The van der Waals surface area contributed by atoms with Gasteiger partial charge in [0, 0.05) is 31.8 Å². The molecule has 1 atom stereocenters. The van der Waals surface area contributed by atoms with Gasteiger partial charge in [0.05, 0.1) is 22.7 Å². The van der Waals surface area contributed by atoms with Crippen LogP contribution in [0.2, 0.25) is 0 Å². The van der Waals surface area contributed by atoms with Gasteiger partial charge in [0.2, 0.25) is 11.8 Å². The Morgan fingerprint density at radius 3 is 2.83 bits per heavy atom. The second kappa shape index (κ2) is 7.60. The molecule has 154 valence electrons. The molecule has 5 rings (SSSR count). The lowest BCUT2D eigenvalue weighted by atomic mass is 10.1. The van der Waals surface area contributed by atoms with Gasteiger partial charge in [-0.25, -0.2) is 4.98 Å². The summed E-state index contributed by atoms with van der Waals surface area (Å²) >= 11 is 1.59. The van der Waals surface area contributed by atoms with Crippen LogP contribution in [0.5, 0.6) is 11.5 Å². The fourth-order valence-corrected chi connectivity index (χ4v) is 4.92. The maximum absolute atomic E-state index is 13.0. The van der Waals surface area contributed by atoms with Crippen LogP contribution in [0.4, 0.5) is 5.69 Å². The molecule has 1 fully saturated rings. The average molecular weight is 423 g/mol.